The Balaban J connectivity index is 0.00000641. The molecule has 1 aliphatic rings. The molecule has 0 N–H and O–H groups in total. The fourth-order valence-electron chi connectivity index (χ4n) is 7.89. The fraction of sp³-hybridized carbons (Fsp3) is 0.429. The normalized spacial score (nSPS) is 14.5. The Bertz CT molecular complexity index is 2630. The summed E-state index contributed by atoms with van der Waals surface area (Å²) in [4.78, 5) is 9.55. The van der Waals surface area contributed by atoms with E-state index in [2.05, 4.69) is 231 Å². The van der Waals surface area contributed by atoms with Crippen LogP contribution in [-0.2, 0) is 48.1 Å². The van der Waals surface area contributed by atoms with E-state index in [9.17, 15) is 0 Å². The standard InChI is InChI=1S/C56H69N4O.Pt/c1-51(2,3)36-19-21-45-46-22-20-43(33-48(46)60(47(45)30-36)50-31-37(23-24-57-50)52(4,5)6)61-44-29-40(55(13,14)15)26-41(32-44)58-34-49(56(16,17)18)59(35-58)42-27-38(53(7,8)9)25-39(28-42)54(10,11)12;/h19-31,34-35H,1-18H3;/q-3;. The molecule has 0 radical (unpaired) electrons. The first kappa shape index (κ1) is 47.1. The number of fused-ring (bicyclic) bond motifs is 3. The zero-order chi connectivity index (χ0) is 44.8. The van der Waals surface area contributed by atoms with Crippen LogP contribution in [-0.4, -0.2) is 9.55 Å². The summed E-state index contributed by atoms with van der Waals surface area (Å²) in [7, 11) is 0. The van der Waals surface area contributed by atoms with E-state index >= 15 is 0 Å². The minimum absolute atomic E-state index is 0. The molecule has 7 rings (SSSR count). The monoisotopic (exact) mass is 1010 g/mol. The van der Waals surface area contributed by atoms with Gasteiger partial charge in [-0.1, -0.05) is 148 Å². The Hall–Kier alpha value is -4.34. The SMILES string of the molecule is CC(C)(C)C1=CN(c2[c-]c(Oc3[c-]c4c(cc3)c3ccc(C(C)(C)C)cc3n4-c3cc(C(C)(C)C)ccn3)cc(C(C)(C)C)c2)[CH-]N1c1cc(C(C)(C)C)cc(C(C)(C)C)c1.[Pt]. The maximum Gasteiger partial charge on any atom is 0.135 e. The number of anilines is 2. The molecule has 2 aromatic heterocycles. The first-order valence-electron chi connectivity index (χ1n) is 22.0. The van der Waals surface area contributed by atoms with Gasteiger partial charge < -0.3 is 19.1 Å². The predicted molar refractivity (Wildman–Crippen MR) is 260 cm³/mol. The van der Waals surface area contributed by atoms with E-state index in [1.807, 2.05) is 12.3 Å². The molecule has 3 heterocycles. The van der Waals surface area contributed by atoms with Gasteiger partial charge in [0.1, 0.15) is 5.82 Å². The molecule has 6 heteroatoms. The van der Waals surface area contributed by atoms with Gasteiger partial charge in [0.05, 0.1) is 0 Å². The molecular formula is C56H69N4OPt-3. The van der Waals surface area contributed by atoms with Gasteiger partial charge in [0.25, 0.3) is 0 Å². The van der Waals surface area contributed by atoms with Crippen LogP contribution < -0.4 is 14.5 Å². The number of ether oxygens (including phenoxy) is 1. The van der Waals surface area contributed by atoms with E-state index in [4.69, 9.17) is 9.72 Å². The van der Waals surface area contributed by atoms with E-state index < -0.39 is 0 Å². The molecule has 0 fully saturated rings. The summed E-state index contributed by atoms with van der Waals surface area (Å²) in [6.45, 7) is 43.1. The van der Waals surface area contributed by atoms with Crippen LogP contribution in [0.4, 0.5) is 11.4 Å². The van der Waals surface area contributed by atoms with Crippen molar-refractivity contribution in [3.05, 3.63) is 138 Å². The Morgan fingerprint density at radius 2 is 1.06 bits per heavy atom. The van der Waals surface area contributed by atoms with Crippen LogP contribution in [0, 0.1) is 24.2 Å². The number of aromatic nitrogens is 2. The van der Waals surface area contributed by atoms with Gasteiger partial charge in [-0.05, 0) is 91.2 Å². The van der Waals surface area contributed by atoms with Gasteiger partial charge in [0.2, 0.25) is 0 Å². The van der Waals surface area contributed by atoms with Crippen LogP contribution >= 0.6 is 0 Å². The number of hydrogen-bond acceptors (Lipinski definition) is 4. The van der Waals surface area contributed by atoms with Crippen molar-refractivity contribution >= 4 is 33.2 Å². The first-order chi connectivity index (χ1) is 28.0. The van der Waals surface area contributed by atoms with Gasteiger partial charge in [-0.25, -0.2) is 4.98 Å². The summed E-state index contributed by atoms with van der Waals surface area (Å²) in [6, 6.07) is 34.3. The molecule has 62 heavy (non-hydrogen) atoms. The fourth-order valence-corrected chi connectivity index (χ4v) is 7.89. The molecule has 0 spiro atoms. The van der Waals surface area contributed by atoms with Crippen LogP contribution in [0.25, 0.3) is 27.6 Å². The Morgan fingerprint density at radius 1 is 0.516 bits per heavy atom. The number of nitrogens with zero attached hydrogens (tertiary/aromatic N) is 4. The molecule has 4 aromatic carbocycles. The number of rotatable bonds is 5. The summed E-state index contributed by atoms with van der Waals surface area (Å²) in [5.74, 6) is 2.14. The summed E-state index contributed by atoms with van der Waals surface area (Å²) >= 11 is 0. The molecule has 0 atom stereocenters. The largest absolute Gasteiger partial charge is 0.509 e. The third-order valence-corrected chi connectivity index (χ3v) is 12.0. The molecule has 0 aliphatic carbocycles. The second-order valence-corrected chi connectivity index (χ2v) is 23.5. The number of allylic oxidation sites excluding steroid dienone is 1. The van der Waals surface area contributed by atoms with Crippen molar-refractivity contribution in [2.45, 2.75) is 152 Å². The Labute approximate surface area is 388 Å². The second kappa shape index (κ2) is 16.0. The summed E-state index contributed by atoms with van der Waals surface area (Å²) in [5.41, 5.74) is 11.3. The van der Waals surface area contributed by atoms with Gasteiger partial charge in [-0.3, -0.25) is 0 Å². The number of hydrogen-bond donors (Lipinski definition) is 0. The maximum atomic E-state index is 6.86. The molecule has 6 aromatic rings. The van der Waals surface area contributed by atoms with Crippen molar-refractivity contribution < 1.29 is 25.8 Å². The molecule has 332 valence electrons. The molecule has 0 amide bonds. The second-order valence-electron chi connectivity index (χ2n) is 23.5. The van der Waals surface area contributed by atoms with E-state index in [-0.39, 0.29) is 53.6 Å². The summed E-state index contributed by atoms with van der Waals surface area (Å²) in [5, 5.41) is 2.27. The summed E-state index contributed by atoms with van der Waals surface area (Å²) in [6.07, 6.45) is 4.20. The quantitative estimate of drug-likeness (QED) is 0.161. The van der Waals surface area contributed by atoms with E-state index in [1.165, 1.54) is 33.6 Å². The van der Waals surface area contributed by atoms with E-state index in [1.54, 1.807) is 0 Å². The van der Waals surface area contributed by atoms with Crippen LogP contribution in [0.2, 0.25) is 0 Å². The van der Waals surface area contributed by atoms with Crippen LogP contribution in [0.3, 0.4) is 0 Å². The van der Waals surface area contributed by atoms with Crippen molar-refractivity contribution in [2.75, 3.05) is 9.80 Å². The van der Waals surface area contributed by atoms with Gasteiger partial charge >= 0.3 is 0 Å². The van der Waals surface area contributed by atoms with Gasteiger partial charge in [0, 0.05) is 61.1 Å². The van der Waals surface area contributed by atoms with Gasteiger partial charge in [-0.15, -0.1) is 53.6 Å². The van der Waals surface area contributed by atoms with Crippen LogP contribution in [0.1, 0.15) is 152 Å². The zero-order valence-electron chi connectivity index (χ0n) is 40.7. The minimum atomic E-state index is -0.144. The smallest absolute Gasteiger partial charge is 0.135 e. The maximum absolute atomic E-state index is 6.86. The third kappa shape index (κ3) is 9.59. The Kier molecular flexibility index (Phi) is 12.2. The van der Waals surface area contributed by atoms with Crippen molar-refractivity contribution in [1.82, 2.24) is 9.55 Å². The van der Waals surface area contributed by atoms with Gasteiger partial charge in [-0.2, -0.15) is 6.07 Å². The molecule has 0 saturated heterocycles. The zero-order valence-corrected chi connectivity index (χ0v) is 42.9. The molecule has 0 saturated carbocycles. The average Bonchev–Trinajstić information content (AvgIpc) is 3.73. The minimum Gasteiger partial charge on any atom is -0.509 e. The molecular weight excluding hydrogens is 940 g/mol. The molecule has 0 bridgehead atoms. The van der Waals surface area contributed by atoms with Crippen LogP contribution in [0.5, 0.6) is 11.5 Å². The average molecular weight is 1010 g/mol. The predicted octanol–water partition coefficient (Wildman–Crippen LogP) is 15.4. The summed E-state index contributed by atoms with van der Waals surface area (Å²) < 4.78 is 9.12. The van der Waals surface area contributed by atoms with Crippen molar-refractivity contribution in [3.8, 4) is 17.3 Å². The molecule has 1 aliphatic heterocycles. The number of benzene rings is 4. The first-order valence-corrected chi connectivity index (χ1v) is 22.0. The third-order valence-electron chi connectivity index (χ3n) is 12.0. The topological polar surface area (TPSA) is 33.5 Å². The number of pyridine rings is 1. The van der Waals surface area contributed by atoms with E-state index in [0.29, 0.717) is 11.5 Å². The van der Waals surface area contributed by atoms with Gasteiger partial charge in [0.15, 0.2) is 0 Å². The van der Waals surface area contributed by atoms with Crippen molar-refractivity contribution in [2.24, 2.45) is 5.41 Å². The van der Waals surface area contributed by atoms with E-state index in [0.717, 1.165) is 38.9 Å². The van der Waals surface area contributed by atoms with Crippen molar-refractivity contribution in [1.29, 1.82) is 0 Å². The van der Waals surface area contributed by atoms with Crippen molar-refractivity contribution in [3.63, 3.8) is 0 Å². The Morgan fingerprint density at radius 3 is 1.63 bits per heavy atom. The molecule has 5 nitrogen and oxygen atoms in total. The van der Waals surface area contributed by atoms with Crippen LogP contribution in [0.15, 0.2) is 90.9 Å². The molecule has 0 unspecified atom stereocenters.